The van der Waals surface area contributed by atoms with Crippen LogP contribution < -0.4 is 14.8 Å². The first kappa shape index (κ1) is 16.8. The molecule has 8 heteroatoms. The molecule has 1 aromatic heterocycles. The molecule has 1 N–H and O–H groups in total. The minimum Gasteiger partial charge on any atom is -0.497 e. The molecule has 7 nitrogen and oxygen atoms in total. The Morgan fingerprint density at radius 2 is 1.92 bits per heavy atom. The number of hydrogen-bond donors (Lipinski definition) is 1. The van der Waals surface area contributed by atoms with Gasteiger partial charge in [0.15, 0.2) is 0 Å². The van der Waals surface area contributed by atoms with E-state index in [2.05, 4.69) is 48.9 Å². The number of ether oxygens (including phenoxy) is 2. The van der Waals surface area contributed by atoms with Gasteiger partial charge in [0.25, 0.3) is 0 Å². The molecule has 0 bridgehead atoms. The first-order valence-electron chi connectivity index (χ1n) is 8.21. The zero-order valence-corrected chi connectivity index (χ0v) is 16.0. The van der Waals surface area contributed by atoms with Gasteiger partial charge in [0.2, 0.25) is 5.95 Å². The second-order valence-electron chi connectivity index (χ2n) is 6.05. The fourth-order valence-corrected chi connectivity index (χ4v) is 3.57. The van der Waals surface area contributed by atoms with Crippen molar-refractivity contribution in [2.45, 2.75) is 18.5 Å². The fourth-order valence-electron chi connectivity index (χ4n) is 3.30. The molecule has 134 valence electrons. The van der Waals surface area contributed by atoms with E-state index in [4.69, 9.17) is 9.47 Å². The standard InChI is InChI=1S/C18H18BrN5O2/c1-25-13-7-8-14(17(9-13)26-2)16-10-15(11-3-5-12(19)6-4-11)20-18-21-22-23-24(16)18/h3-9,15-16H,10H2,1-2H3,(H,20,21,23). The SMILES string of the molecule is COc1ccc(C2CC(c3ccc(Br)cc3)Nc3nnnn32)c(OC)c1. The Kier molecular flexibility index (Phi) is 4.50. The maximum absolute atomic E-state index is 5.60. The molecular formula is C18H18BrN5O2. The number of nitrogens with one attached hydrogen (secondary N) is 1. The number of fused-ring (bicyclic) bond motifs is 1. The molecule has 0 aliphatic carbocycles. The van der Waals surface area contributed by atoms with E-state index in [0.29, 0.717) is 5.95 Å². The molecule has 2 atom stereocenters. The molecule has 3 aromatic rings. The average Bonchev–Trinajstić information content (AvgIpc) is 3.16. The molecule has 2 aromatic carbocycles. The van der Waals surface area contributed by atoms with Crippen molar-refractivity contribution in [1.82, 2.24) is 20.2 Å². The monoisotopic (exact) mass is 415 g/mol. The van der Waals surface area contributed by atoms with Crippen molar-refractivity contribution in [1.29, 1.82) is 0 Å². The normalized spacial score (nSPS) is 18.7. The summed E-state index contributed by atoms with van der Waals surface area (Å²) in [5.74, 6) is 2.15. The van der Waals surface area contributed by atoms with Crippen LogP contribution in [0, 0.1) is 0 Å². The van der Waals surface area contributed by atoms with E-state index >= 15 is 0 Å². The molecule has 4 rings (SSSR count). The molecule has 1 aliphatic heterocycles. The summed E-state index contributed by atoms with van der Waals surface area (Å²) in [4.78, 5) is 0. The number of tetrazole rings is 1. The number of hydrogen-bond acceptors (Lipinski definition) is 6. The van der Waals surface area contributed by atoms with Gasteiger partial charge in [-0.3, -0.25) is 0 Å². The zero-order chi connectivity index (χ0) is 18.1. The Morgan fingerprint density at radius 3 is 2.65 bits per heavy atom. The van der Waals surface area contributed by atoms with Gasteiger partial charge in [-0.05, 0) is 46.7 Å². The van der Waals surface area contributed by atoms with Gasteiger partial charge in [0, 0.05) is 16.1 Å². The van der Waals surface area contributed by atoms with Crippen molar-refractivity contribution in [3.63, 3.8) is 0 Å². The third-order valence-electron chi connectivity index (χ3n) is 4.62. The lowest BCUT2D eigenvalue weighted by atomic mass is 9.93. The minimum atomic E-state index is -0.0456. The summed E-state index contributed by atoms with van der Waals surface area (Å²) in [6, 6.07) is 14.2. The van der Waals surface area contributed by atoms with Gasteiger partial charge in [0.05, 0.1) is 26.3 Å². The van der Waals surface area contributed by atoms with Crippen molar-refractivity contribution < 1.29 is 9.47 Å². The van der Waals surface area contributed by atoms with E-state index in [9.17, 15) is 0 Å². The van der Waals surface area contributed by atoms with E-state index in [-0.39, 0.29) is 12.1 Å². The highest BCUT2D eigenvalue weighted by molar-refractivity contribution is 9.10. The van der Waals surface area contributed by atoms with Gasteiger partial charge >= 0.3 is 0 Å². The van der Waals surface area contributed by atoms with E-state index in [1.165, 1.54) is 5.56 Å². The summed E-state index contributed by atoms with van der Waals surface area (Å²) in [5, 5.41) is 15.6. The smallest absolute Gasteiger partial charge is 0.243 e. The Morgan fingerprint density at radius 1 is 1.12 bits per heavy atom. The molecule has 0 amide bonds. The quantitative estimate of drug-likeness (QED) is 0.701. The van der Waals surface area contributed by atoms with Crippen molar-refractivity contribution in [3.05, 3.63) is 58.1 Å². The van der Waals surface area contributed by atoms with Crippen LogP contribution in [0.5, 0.6) is 11.5 Å². The number of rotatable bonds is 4. The Bertz CT molecular complexity index is 912. The van der Waals surface area contributed by atoms with Crippen LogP contribution in [0.15, 0.2) is 46.9 Å². The topological polar surface area (TPSA) is 74.1 Å². The van der Waals surface area contributed by atoms with Crippen LogP contribution in [-0.2, 0) is 0 Å². The summed E-state index contributed by atoms with van der Waals surface area (Å²) < 4.78 is 13.8. The second-order valence-corrected chi connectivity index (χ2v) is 6.97. The molecule has 0 spiro atoms. The molecule has 0 radical (unpaired) electrons. The fraction of sp³-hybridized carbons (Fsp3) is 0.278. The van der Waals surface area contributed by atoms with Crippen LogP contribution in [0.3, 0.4) is 0 Å². The molecule has 1 aliphatic rings. The first-order chi connectivity index (χ1) is 12.7. The highest BCUT2D eigenvalue weighted by Gasteiger charge is 2.32. The molecule has 26 heavy (non-hydrogen) atoms. The van der Waals surface area contributed by atoms with Crippen molar-refractivity contribution >= 4 is 21.9 Å². The number of nitrogens with zero attached hydrogens (tertiary/aromatic N) is 4. The van der Waals surface area contributed by atoms with E-state index in [1.54, 1.807) is 18.9 Å². The Labute approximate surface area is 159 Å². The summed E-state index contributed by atoms with van der Waals surface area (Å²) in [7, 11) is 3.30. The third-order valence-corrected chi connectivity index (χ3v) is 5.15. The minimum absolute atomic E-state index is 0.0456. The predicted octanol–water partition coefficient (Wildman–Crippen LogP) is 3.60. The van der Waals surface area contributed by atoms with Crippen LogP contribution in [0.4, 0.5) is 5.95 Å². The number of anilines is 1. The summed E-state index contributed by atoms with van der Waals surface area (Å²) in [6.45, 7) is 0. The van der Waals surface area contributed by atoms with Crippen molar-refractivity contribution in [2.24, 2.45) is 0 Å². The maximum Gasteiger partial charge on any atom is 0.243 e. The van der Waals surface area contributed by atoms with Crippen LogP contribution in [0.1, 0.15) is 29.6 Å². The number of halogens is 1. The lowest BCUT2D eigenvalue weighted by molar-refractivity contribution is 0.369. The lowest BCUT2D eigenvalue weighted by Crippen LogP contribution is -2.28. The van der Waals surface area contributed by atoms with E-state index in [1.807, 2.05) is 30.3 Å². The van der Waals surface area contributed by atoms with E-state index in [0.717, 1.165) is 28.0 Å². The summed E-state index contributed by atoms with van der Waals surface area (Å²) >= 11 is 3.48. The van der Waals surface area contributed by atoms with Gasteiger partial charge in [-0.1, -0.05) is 33.2 Å². The van der Waals surface area contributed by atoms with Gasteiger partial charge < -0.3 is 14.8 Å². The molecular weight excluding hydrogens is 398 g/mol. The number of aromatic nitrogens is 4. The van der Waals surface area contributed by atoms with Gasteiger partial charge in [-0.25, -0.2) is 4.68 Å². The highest BCUT2D eigenvalue weighted by Crippen LogP contribution is 2.41. The average molecular weight is 416 g/mol. The van der Waals surface area contributed by atoms with Crippen LogP contribution in [-0.4, -0.2) is 34.4 Å². The van der Waals surface area contributed by atoms with Gasteiger partial charge in [0.1, 0.15) is 11.5 Å². The summed E-state index contributed by atoms with van der Waals surface area (Å²) in [6.07, 6.45) is 0.794. The Hall–Kier alpha value is -2.61. The number of methoxy groups -OCH3 is 2. The van der Waals surface area contributed by atoms with Gasteiger partial charge in [-0.15, -0.1) is 0 Å². The van der Waals surface area contributed by atoms with Crippen molar-refractivity contribution in [2.75, 3.05) is 19.5 Å². The van der Waals surface area contributed by atoms with Crippen LogP contribution in [0.25, 0.3) is 0 Å². The lowest BCUT2D eigenvalue weighted by Gasteiger charge is -2.31. The maximum atomic E-state index is 5.60. The number of benzene rings is 2. The molecule has 0 saturated heterocycles. The Balaban J connectivity index is 1.75. The second kappa shape index (κ2) is 6.95. The first-order valence-corrected chi connectivity index (χ1v) is 9.00. The largest absolute Gasteiger partial charge is 0.497 e. The van der Waals surface area contributed by atoms with E-state index < -0.39 is 0 Å². The zero-order valence-electron chi connectivity index (χ0n) is 14.4. The molecule has 0 fully saturated rings. The van der Waals surface area contributed by atoms with Crippen LogP contribution in [0.2, 0.25) is 0 Å². The van der Waals surface area contributed by atoms with Crippen LogP contribution >= 0.6 is 15.9 Å². The molecule has 2 heterocycles. The highest BCUT2D eigenvalue weighted by atomic mass is 79.9. The third kappa shape index (κ3) is 3.01. The summed E-state index contributed by atoms with van der Waals surface area (Å²) in [5.41, 5.74) is 2.20. The van der Waals surface area contributed by atoms with Gasteiger partial charge in [-0.2, -0.15) is 0 Å². The van der Waals surface area contributed by atoms with Crippen molar-refractivity contribution in [3.8, 4) is 11.5 Å². The predicted molar refractivity (Wildman–Crippen MR) is 101 cm³/mol. The molecule has 2 unspecified atom stereocenters. The molecule has 0 saturated carbocycles.